The summed E-state index contributed by atoms with van der Waals surface area (Å²) in [5.74, 6) is -4.00. The largest absolute Gasteiger partial charge is 0.483 e. The van der Waals surface area contributed by atoms with Crippen LogP contribution in [0.4, 0.5) is 18.9 Å². The van der Waals surface area contributed by atoms with Crippen LogP contribution in [0.1, 0.15) is 25.3 Å². The molecule has 1 saturated heterocycles. The molecule has 27 heavy (non-hydrogen) atoms. The number of nitrogens with zero attached hydrogens (tertiary/aromatic N) is 1. The average Bonchev–Trinajstić information content (AvgIpc) is 2.56. The minimum absolute atomic E-state index is 0.00894. The van der Waals surface area contributed by atoms with Crippen molar-refractivity contribution in [3.63, 3.8) is 0 Å². The molecular formula is C17H14Cl2F3NO4. The second-order valence-electron chi connectivity index (χ2n) is 5.67. The van der Waals surface area contributed by atoms with E-state index in [1.54, 1.807) is 6.92 Å². The smallest absolute Gasteiger partial charge is 0.392 e. The number of aldehydes is 1. The molecule has 0 unspecified atom stereocenters. The lowest BCUT2D eigenvalue weighted by molar-refractivity contribution is -0.185. The summed E-state index contributed by atoms with van der Waals surface area (Å²) in [6, 6.07) is 3.84. The molecule has 5 nitrogen and oxygen atoms in total. The summed E-state index contributed by atoms with van der Waals surface area (Å²) in [5, 5.41) is -0.149. The number of halogens is 5. The highest BCUT2D eigenvalue weighted by molar-refractivity contribution is 6.38. The number of amides is 2. The first kappa shape index (κ1) is 21.2. The number of carbonyl (C=O) groups excluding carboxylic acids is 3. The molecule has 1 aromatic carbocycles. The lowest BCUT2D eigenvalue weighted by Crippen LogP contribution is -2.46. The van der Waals surface area contributed by atoms with Crippen molar-refractivity contribution in [1.82, 2.24) is 0 Å². The van der Waals surface area contributed by atoms with Gasteiger partial charge in [-0.25, -0.2) is 0 Å². The molecule has 2 amide bonds. The predicted molar refractivity (Wildman–Crippen MR) is 93.2 cm³/mol. The highest BCUT2D eigenvalue weighted by Gasteiger charge is 2.47. The fraction of sp³-hybridized carbons (Fsp3) is 0.353. The van der Waals surface area contributed by atoms with Gasteiger partial charge in [-0.15, -0.1) is 0 Å². The summed E-state index contributed by atoms with van der Waals surface area (Å²) in [6.45, 7) is 1.82. The van der Waals surface area contributed by atoms with Crippen LogP contribution in [0.15, 0.2) is 23.4 Å². The average molecular weight is 424 g/mol. The summed E-state index contributed by atoms with van der Waals surface area (Å²) >= 11 is 12.0. The number of allylic oxidation sites excluding steroid dienone is 1. The second-order valence-corrected chi connectivity index (χ2v) is 6.42. The number of anilines is 1. The Hall–Kier alpha value is -2.06. The first-order valence-electron chi connectivity index (χ1n) is 7.80. The van der Waals surface area contributed by atoms with Crippen LogP contribution < -0.4 is 4.90 Å². The fourth-order valence-electron chi connectivity index (χ4n) is 2.61. The molecule has 146 valence electrons. The molecule has 0 atom stereocenters. The van der Waals surface area contributed by atoms with Gasteiger partial charge in [-0.3, -0.25) is 19.3 Å². The number of hydrogen-bond acceptors (Lipinski definition) is 4. The van der Waals surface area contributed by atoms with E-state index in [9.17, 15) is 27.6 Å². The van der Waals surface area contributed by atoms with Gasteiger partial charge in [0.1, 0.15) is 0 Å². The molecule has 0 spiro atoms. The molecule has 0 radical (unpaired) electrons. The first-order valence-corrected chi connectivity index (χ1v) is 8.55. The van der Waals surface area contributed by atoms with E-state index in [1.807, 2.05) is 0 Å². The Kier molecular flexibility index (Phi) is 6.54. The van der Waals surface area contributed by atoms with E-state index in [4.69, 9.17) is 27.9 Å². The zero-order valence-electron chi connectivity index (χ0n) is 14.0. The molecule has 0 aliphatic carbocycles. The van der Waals surface area contributed by atoms with Crippen molar-refractivity contribution in [3.8, 4) is 0 Å². The molecule has 10 heteroatoms. The van der Waals surface area contributed by atoms with Crippen LogP contribution >= 0.6 is 23.2 Å². The number of rotatable bonds is 5. The first-order chi connectivity index (χ1) is 12.6. The topological polar surface area (TPSA) is 63.7 Å². The van der Waals surface area contributed by atoms with E-state index in [-0.39, 0.29) is 33.7 Å². The monoisotopic (exact) mass is 423 g/mol. The molecule has 2 rings (SSSR count). The number of carbonyl (C=O) groups is 3. The summed E-state index contributed by atoms with van der Waals surface area (Å²) in [4.78, 5) is 36.4. The number of benzene rings is 1. The van der Waals surface area contributed by atoms with E-state index in [0.29, 0.717) is 11.2 Å². The van der Waals surface area contributed by atoms with Crippen LogP contribution in [0.2, 0.25) is 5.02 Å². The van der Waals surface area contributed by atoms with E-state index in [0.717, 1.165) is 0 Å². The van der Waals surface area contributed by atoms with Crippen molar-refractivity contribution in [3.05, 3.63) is 34.0 Å². The Morgan fingerprint density at radius 3 is 2.37 bits per heavy atom. The highest BCUT2D eigenvalue weighted by atomic mass is 35.5. The Morgan fingerprint density at radius 2 is 1.89 bits per heavy atom. The van der Waals surface area contributed by atoms with Gasteiger partial charge >= 0.3 is 6.18 Å². The van der Waals surface area contributed by atoms with Crippen LogP contribution in [0.5, 0.6) is 0 Å². The van der Waals surface area contributed by atoms with Gasteiger partial charge < -0.3 is 4.74 Å². The third kappa shape index (κ3) is 4.62. The van der Waals surface area contributed by atoms with Gasteiger partial charge in [0.2, 0.25) is 11.8 Å². The summed E-state index contributed by atoms with van der Waals surface area (Å²) in [6.07, 6.45) is -5.93. The van der Waals surface area contributed by atoms with Crippen molar-refractivity contribution in [2.45, 2.75) is 25.9 Å². The molecule has 0 N–H and O–H groups in total. The molecule has 1 aromatic rings. The van der Waals surface area contributed by atoms with Gasteiger partial charge in [-0.2, -0.15) is 13.2 Å². The maximum Gasteiger partial charge on any atom is 0.392 e. The van der Waals surface area contributed by atoms with Crippen molar-refractivity contribution in [1.29, 1.82) is 0 Å². The van der Waals surface area contributed by atoms with Crippen molar-refractivity contribution < 1.29 is 32.3 Å². The van der Waals surface area contributed by atoms with Crippen molar-refractivity contribution in [2.75, 3.05) is 11.5 Å². The van der Waals surface area contributed by atoms with Gasteiger partial charge in [0.15, 0.2) is 11.5 Å². The highest BCUT2D eigenvalue weighted by Crippen LogP contribution is 2.38. The van der Waals surface area contributed by atoms with E-state index in [2.05, 4.69) is 0 Å². The predicted octanol–water partition coefficient (Wildman–Crippen LogP) is 4.31. The molecule has 1 aliphatic heterocycles. The van der Waals surface area contributed by atoms with E-state index in [1.165, 1.54) is 18.2 Å². The van der Waals surface area contributed by atoms with Crippen LogP contribution in [-0.2, 0) is 19.1 Å². The summed E-state index contributed by atoms with van der Waals surface area (Å²) in [7, 11) is 0. The maximum atomic E-state index is 12.8. The number of hydrogen-bond donors (Lipinski definition) is 0. The second kappa shape index (κ2) is 8.31. The quantitative estimate of drug-likeness (QED) is 0.306. The number of imide groups is 1. The zero-order chi connectivity index (χ0) is 20.4. The molecule has 1 fully saturated rings. The number of piperidine rings is 1. The van der Waals surface area contributed by atoms with Gasteiger partial charge in [-0.05, 0) is 36.7 Å². The molecular weight excluding hydrogens is 410 g/mol. The SMILES string of the molecule is CCOC(Cl)=C(C=O)c1cc(N2C(=O)CC(C(F)(F)F)CC2=O)ccc1Cl. The number of alkyl halides is 3. The Balaban J connectivity index is 2.44. The lowest BCUT2D eigenvalue weighted by atomic mass is 9.94. The maximum absolute atomic E-state index is 12.8. The molecule has 0 saturated carbocycles. The fourth-order valence-corrected chi connectivity index (χ4v) is 3.09. The zero-order valence-corrected chi connectivity index (χ0v) is 15.5. The minimum atomic E-state index is -4.64. The van der Waals surface area contributed by atoms with Gasteiger partial charge in [0.05, 0.1) is 23.8 Å². The third-order valence-corrected chi connectivity index (χ3v) is 4.55. The minimum Gasteiger partial charge on any atom is -0.483 e. The third-order valence-electron chi connectivity index (χ3n) is 3.90. The molecule has 1 heterocycles. The lowest BCUT2D eigenvalue weighted by Gasteiger charge is -2.31. The van der Waals surface area contributed by atoms with Crippen LogP contribution in [0, 0.1) is 5.92 Å². The van der Waals surface area contributed by atoms with Gasteiger partial charge in [0, 0.05) is 23.4 Å². The Morgan fingerprint density at radius 1 is 1.30 bits per heavy atom. The van der Waals surface area contributed by atoms with E-state index >= 15 is 0 Å². The van der Waals surface area contributed by atoms with Crippen LogP contribution in [0.3, 0.4) is 0 Å². The normalized spacial score (nSPS) is 17.0. The number of ether oxygens (including phenoxy) is 1. The molecule has 0 aromatic heterocycles. The van der Waals surface area contributed by atoms with Crippen LogP contribution in [0.25, 0.3) is 5.57 Å². The molecule has 0 bridgehead atoms. The van der Waals surface area contributed by atoms with Crippen LogP contribution in [-0.4, -0.2) is 30.9 Å². The van der Waals surface area contributed by atoms with Gasteiger partial charge in [-0.1, -0.05) is 11.6 Å². The standard InChI is InChI=1S/C17H14Cl2F3NO4/c1-2-27-16(19)12(8-24)11-7-10(3-4-13(11)18)23-14(25)5-9(6-15(23)26)17(20,21)22/h3-4,7-9H,2,5-6H2,1H3. The Labute approximate surface area is 162 Å². The van der Waals surface area contributed by atoms with Crippen molar-refractivity contribution >= 4 is 52.6 Å². The summed E-state index contributed by atoms with van der Waals surface area (Å²) in [5.41, 5.74) is -0.0399. The molecule has 1 aliphatic rings. The van der Waals surface area contributed by atoms with Crippen molar-refractivity contribution in [2.24, 2.45) is 5.92 Å². The van der Waals surface area contributed by atoms with Gasteiger partial charge in [0.25, 0.3) is 0 Å². The Bertz CT molecular complexity index is 790. The summed E-state index contributed by atoms with van der Waals surface area (Å²) < 4.78 is 43.6. The van der Waals surface area contributed by atoms with E-state index < -0.39 is 36.8 Å².